The number of benzene rings is 7. The van der Waals surface area contributed by atoms with E-state index in [4.69, 9.17) is 24.1 Å². The second-order valence-electron chi connectivity index (χ2n) is 12.1. The minimum atomic E-state index is 0.534. The molecule has 6 heteroatoms. The maximum absolute atomic E-state index is 6.80. The predicted octanol–water partition coefficient (Wildman–Crippen LogP) is 11.4. The van der Waals surface area contributed by atoms with Crippen LogP contribution in [0.4, 0.5) is 11.4 Å². The van der Waals surface area contributed by atoms with Crippen molar-refractivity contribution in [2.24, 2.45) is 0 Å². The van der Waals surface area contributed by atoms with E-state index in [9.17, 15) is 0 Å². The van der Waals surface area contributed by atoms with Crippen molar-refractivity contribution in [2.45, 2.75) is 0 Å². The normalized spacial score (nSPS) is 12.0. The molecule has 0 unspecified atom stereocenters. The molecule has 230 valence electrons. The monoisotopic (exact) mass is 630 g/mol. The Morgan fingerprint density at radius 3 is 2.04 bits per heavy atom. The standard InChI is InChI=1S/C43H26N4O2/c1-2-12-26(13-3-1)41-45-42(47-43(46-41)33-19-11-18-32-30-16-5-8-22-36(30)49-40(32)33)28-24-27-14-10-17-31-29-15-4-6-20-34(29)44-35-21-7-9-23-37(35)48-38(25-28)39(27)31/h1-25,44H. The molecule has 0 aliphatic carbocycles. The summed E-state index contributed by atoms with van der Waals surface area (Å²) in [7, 11) is 0. The molecule has 6 nitrogen and oxygen atoms in total. The number of aromatic nitrogens is 3. The summed E-state index contributed by atoms with van der Waals surface area (Å²) in [5.41, 5.74) is 8.14. The smallest absolute Gasteiger partial charge is 0.167 e. The van der Waals surface area contributed by atoms with Gasteiger partial charge in [0.15, 0.2) is 23.2 Å². The first-order valence-electron chi connectivity index (χ1n) is 16.2. The highest BCUT2D eigenvalue weighted by molar-refractivity contribution is 6.09. The van der Waals surface area contributed by atoms with Gasteiger partial charge in [-0.25, -0.2) is 15.0 Å². The number of para-hydroxylation sites is 5. The lowest BCUT2D eigenvalue weighted by molar-refractivity contribution is 0.491. The van der Waals surface area contributed by atoms with Crippen LogP contribution >= 0.6 is 0 Å². The molecule has 0 spiro atoms. The Morgan fingerprint density at radius 2 is 1.12 bits per heavy atom. The van der Waals surface area contributed by atoms with E-state index in [-0.39, 0.29) is 0 Å². The molecule has 1 N–H and O–H groups in total. The molecule has 7 aromatic carbocycles. The molecule has 0 saturated heterocycles. The number of rotatable bonds is 3. The Bertz CT molecular complexity index is 2740. The molecule has 2 aromatic heterocycles. The van der Waals surface area contributed by atoms with Gasteiger partial charge in [0.1, 0.15) is 16.9 Å². The van der Waals surface area contributed by atoms with E-state index in [0.29, 0.717) is 17.5 Å². The average molecular weight is 631 g/mol. The van der Waals surface area contributed by atoms with Gasteiger partial charge >= 0.3 is 0 Å². The van der Waals surface area contributed by atoms with Crippen molar-refractivity contribution in [3.05, 3.63) is 152 Å². The third-order valence-electron chi connectivity index (χ3n) is 9.11. The number of anilines is 2. The van der Waals surface area contributed by atoms with Crippen LogP contribution in [0.2, 0.25) is 0 Å². The van der Waals surface area contributed by atoms with Crippen LogP contribution in [0.1, 0.15) is 0 Å². The van der Waals surface area contributed by atoms with E-state index in [1.807, 2.05) is 97.1 Å². The Morgan fingerprint density at radius 1 is 0.449 bits per heavy atom. The van der Waals surface area contributed by atoms with Gasteiger partial charge in [-0.2, -0.15) is 0 Å². The van der Waals surface area contributed by atoms with Gasteiger partial charge in [0.25, 0.3) is 0 Å². The van der Waals surface area contributed by atoms with E-state index in [0.717, 1.165) is 83.4 Å². The number of fused-ring (bicyclic) bond motifs is 6. The topological polar surface area (TPSA) is 73.1 Å². The van der Waals surface area contributed by atoms with Gasteiger partial charge in [-0.05, 0) is 53.4 Å². The van der Waals surface area contributed by atoms with Crippen molar-refractivity contribution in [3.63, 3.8) is 0 Å². The third-order valence-corrected chi connectivity index (χ3v) is 9.11. The van der Waals surface area contributed by atoms with Crippen LogP contribution in [0.5, 0.6) is 11.5 Å². The summed E-state index contributed by atoms with van der Waals surface area (Å²) in [6.45, 7) is 0. The number of nitrogens with one attached hydrogen (secondary N) is 1. The van der Waals surface area contributed by atoms with Crippen LogP contribution in [-0.2, 0) is 0 Å². The first-order chi connectivity index (χ1) is 24.3. The van der Waals surface area contributed by atoms with Crippen LogP contribution in [0.25, 0.3) is 78.0 Å². The van der Waals surface area contributed by atoms with Gasteiger partial charge < -0.3 is 14.5 Å². The van der Waals surface area contributed by atoms with Crippen molar-refractivity contribution in [2.75, 3.05) is 5.32 Å². The maximum Gasteiger partial charge on any atom is 0.167 e. The maximum atomic E-state index is 6.80. The first kappa shape index (κ1) is 27.3. The molecule has 0 radical (unpaired) electrons. The Balaban J connectivity index is 1.23. The zero-order chi connectivity index (χ0) is 32.3. The lowest BCUT2D eigenvalue weighted by Crippen LogP contribution is -2.01. The van der Waals surface area contributed by atoms with Crippen molar-refractivity contribution < 1.29 is 9.15 Å². The molecule has 0 amide bonds. The summed E-state index contributed by atoms with van der Waals surface area (Å²) in [4.78, 5) is 15.2. The molecule has 3 heterocycles. The second-order valence-corrected chi connectivity index (χ2v) is 12.1. The summed E-state index contributed by atoms with van der Waals surface area (Å²) in [6.07, 6.45) is 0. The fourth-order valence-electron chi connectivity index (χ4n) is 6.84. The Kier molecular flexibility index (Phi) is 6.08. The van der Waals surface area contributed by atoms with Gasteiger partial charge in [0.05, 0.1) is 11.3 Å². The van der Waals surface area contributed by atoms with Gasteiger partial charge in [0, 0.05) is 38.5 Å². The number of ether oxygens (including phenoxy) is 1. The highest BCUT2D eigenvalue weighted by Gasteiger charge is 2.22. The number of hydrogen-bond donors (Lipinski definition) is 1. The van der Waals surface area contributed by atoms with E-state index in [1.54, 1.807) is 0 Å². The quantitative estimate of drug-likeness (QED) is 0.209. The van der Waals surface area contributed by atoms with E-state index < -0.39 is 0 Å². The van der Waals surface area contributed by atoms with Crippen LogP contribution < -0.4 is 10.1 Å². The Labute approximate surface area is 281 Å². The van der Waals surface area contributed by atoms with Crippen LogP contribution in [-0.4, -0.2) is 15.0 Å². The molecule has 0 bridgehead atoms. The summed E-state index contributed by atoms with van der Waals surface area (Å²) >= 11 is 0. The van der Waals surface area contributed by atoms with E-state index in [1.165, 1.54) is 0 Å². The number of hydrogen-bond acceptors (Lipinski definition) is 6. The fourth-order valence-corrected chi connectivity index (χ4v) is 6.84. The zero-order valence-corrected chi connectivity index (χ0v) is 26.1. The van der Waals surface area contributed by atoms with Crippen molar-refractivity contribution in [1.29, 1.82) is 0 Å². The molecule has 0 saturated carbocycles. The lowest BCUT2D eigenvalue weighted by Gasteiger charge is -2.15. The molecule has 0 atom stereocenters. The van der Waals surface area contributed by atoms with Gasteiger partial charge in [-0.1, -0.05) is 109 Å². The molecular formula is C43H26N4O2. The Hall–Kier alpha value is -6.79. The molecule has 9 aromatic rings. The third kappa shape index (κ3) is 4.53. The van der Waals surface area contributed by atoms with E-state index in [2.05, 4.69) is 59.9 Å². The molecule has 10 rings (SSSR count). The number of furan rings is 1. The summed E-state index contributed by atoms with van der Waals surface area (Å²) in [5, 5.41) is 7.72. The molecule has 0 fully saturated rings. The summed E-state index contributed by atoms with van der Waals surface area (Å²) in [5.74, 6) is 3.09. The minimum Gasteiger partial charge on any atom is -0.455 e. The molecule has 1 aliphatic heterocycles. The van der Waals surface area contributed by atoms with Crippen LogP contribution in [0.15, 0.2) is 156 Å². The zero-order valence-electron chi connectivity index (χ0n) is 26.1. The number of nitrogens with zero attached hydrogens (tertiary/aromatic N) is 3. The SMILES string of the molecule is c1ccc(-c2nc(-c3cc4c5c(cccc5c3)-c3ccccc3Nc3ccccc3O4)nc(-c3cccc4c3oc3ccccc34)n2)cc1. The van der Waals surface area contributed by atoms with Crippen molar-refractivity contribution in [3.8, 4) is 56.8 Å². The minimum absolute atomic E-state index is 0.534. The highest BCUT2D eigenvalue weighted by Crippen LogP contribution is 2.46. The molecular weight excluding hydrogens is 604 g/mol. The largest absolute Gasteiger partial charge is 0.455 e. The summed E-state index contributed by atoms with van der Waals surface area (Å²) < 4.78 is 13.2. The lowest BCUT2D eigenvalue weighted by atomic mass is 9.95. The van der Waals surface area contributed by atoms with E-state index >= 15 is 0 Å². The fraction of sp³-hybridized carbons (Fsp3) is 0. The van der Waals surface area contributed by atoms with Gasteiger partial charge in [-0.3, -0.25) is 0 Å². The molecule has 1 aliphatic rings. The average Bonchev–Trinajstić information content (AvgIpc) is 3.56. The van der Waals surface area contributed by atoms with Gasteiger partial charge in [0.2, 0.25) is 0 Å². The van der Waals surface area contributed by atoms with Crippen molar-refractivity contribution >= 4 is 44.1 Å². The highest BCUT2D eigenvalue weighted by atomic mass is 16.5. The van der Waals surface area contributed by atoms with Crippen LogP contribution in [0.3, 0.4) is 0 Å². The second kappa shape index (κ2) is 10.9. The molecule has 49 heavy (non-hydrogen) atoms. The van der Waals surface area contributed by atoms with Gasteiger partial charge in [-0.15, -0.1) is 0 Å². The first-order valence-corrected chi connectivity index (χ1v) is 16.2. The predicted molar refractivity (Wildman–Crippen MR) is 196 cm³/mol. The summed E-state index contributed by atoms with van der Waals surface area (Å²) in [6, 6.07) is 51.1. The van der Waals surface area contributed by atoms with Crippen molar-refractivity contribution in [1.82, 2.24) is 15.0 Å². The van der Waals surface area contributed by atoms with Crippen LogP contribution in [0, 0.1) is 0 Å².